The number of likely N-dealkylation sites (tertiary alicyclic amines) is 1. The molecule has 1 spiro atoms. The monoisotopic (exact) mass is 423 g/mol. The SMILES string of the molecule is COc1cccc(C(=O)N2CC3COCCN3C3(CN(Cc4ccccc4O)C3)C2)c1. The van der Waals surface area contributed by atoms with Gasteiger partial charge in [-0.3, -0.25) is 14.6 Å². The average molecular weight is 424 g/mol. The predicted octanol–water partition coefficient (Wildman–Crippen LogP) is 1.81. The summed E-state index contributed by atoms with van der Waals surface area (Å²) in [4.78, 5) is 20.3. The van der Waals surface area contributed by atoms with Gasteiger partial charge in [0.25, 0.3) is 5.91 Å². The third-order valence-electron chi connectivity index (χ3n) is 6.78. The van der Waals surface area contributed by atoms with Gasteiger partial charge in [0.15, 0.2) is 0 Å². The van der Waals surface area contributed by atoms with Gasteiger partial charge in [-0.1, -0.05) is 24.3 Å². The molecule has 164 valence electrons. The van der Waals surface area contributed by atoms with Crippen molar-refractivity contribution in [2.24, 2.45) is 0 Å². The number of benzene rings is 2. The van der Waals surface area contributed by atoms with Crippen LogP contribution in [0.1, 0.15) is 15.9 Å². The molecule has 0 saturated carbocycles. The molecule has 0 aliphatic carbocycles. The number of carbonyl (C=O) groups excluding carboxylic acids is 1. The zero-order chi connectivity index (χ0) is 21.4. The number of ether oxygens (including phenoxy) is 2. The van der Waals surface area contributed by atoms with Crippen molar-refractivity contribution in [3.8, 4) is 11.5 Å². The maximum absolute atomic E-state index is 13.4. The summed E-state index contributed by atoms with van der Waals surface area (Å²) < 4.78 is 11.1. The summed E-state index contributed by atoms with van der Waals surface area (Å²) in [5.41, 5.74) is 1.53. The molecule has 7 heteroatoms. The minimum absolute atomic E-state index is 0.0441. The molecule has 0 aromatic heterocycles. The lowest BCUT2D eigenvalue weighted by molar-refractivity contribution is -0.160. The minimum Gasteiger partial charge on any atom is -0.508 e. The van der Waals surface area contributed by atoms with E-state index < -0.39 is 0 Å². The van der Waals surface area contributed by atoms with Crippen LogP contribution < -0.4 is 4.74 Å². The number of nitrogens with zero attached hydrogens (tertiary/aromatic N) is 3. The molecule has 2 aromatic rings. The molecule has 2 aromatic carbocycles. The van der Waals surface area contributed by atoms with Gasteiger partial charge in [0.1, 0.15) is 11.5 Å². The third-order valence-corrected chi connectivity index (χ3v) is 6.78. The van der Waals surface area contributed by atoms with E-state index in [-0.39, 0.29) is 17.5 Å². The molecule has 31 heavy (non-hydrogen) atoms. The maximum Gasteiger partial charge on any atom is 0.254 e. The van der Waals surface area contributed by atoms with Crippen LogP contribution in [0, 0.1) is 0 Å². The molecule has 3 fully saturated rings. The zero-order valence-corrected chi connectivity index (χ0v) is 17.9. The molecule has 3 aliphatic rings. The largest absolute Gasteiger partial charge is 0.508 e. The number of phenols is 1. The van der Waals surface area contributed by atoms with Crippen LogP contribution in [-0.2, 0) is 11.3 Å². The Morgan fingerprint density at radius 3 is 2.84 bits per heavy atom. The van der Waals surface area contributed by atoms with E-state index >= 15 is 0 Å². The van der Waals surface area contributed by atoms with Gasteiger partial charge >= 0.3 is 0 Å². The normalized spacial score (nSPS) is 23.3. The van der Waals surface area contributed by atoms with Gasteiger partial charge in [0.2, 0.25) is 0 Å². The number of hydrogen-bond acceptors (Lipinski definition) is 6. The molecule has 3 heterocycles. The van der Waals surface area contributed by atoms with Crippen LogP contribution in [0.25, 0.3) is 0 Å². The van der Waals surface area contributed by atoms with Gasteiger partial charge in [-0.15, -0.1) is 0 Å². The summed E-state index contributed by atoms with van der Waals surface area (Å²) in [5, 5.41) is 10.1. The molecule has 1 N–H and O–H groups in total. The van der Waals surface area contributed by atoms with E-state index in [2.05, 4.69) is 9.80 Å². The number of methoxy groups -OCH3 is 1. The molecule has 7 nitrogen and oxygen atoms in total. The van der Waals surface area contributed by atoms with E-state index in [1.165, 1.54) is 0 Å². The van der Waals surface area contributed by atoms with E-state index in [4.69, 9.17) is 9.47 Å². The van der Waals surface area contributed by atoms with Gasteiger partial charge in [0, 0.05) is 50.4 Å². The van der Waals surface area contributed by atoms with Crippen molar-refractivity contribution in [1.29, 1.82) is 0 Å². The van der Waals surface area contributed by atoms with Crippen LogP contribution in [0.4, 0.5) is 0 Å². The number of hydrogen-bond donors (Lipinski definition) is 1. The first-order valence-corrected chi connectivity index (χ1v) is 10.8. The lowest BCUT2D eigenvalue weighted by Crippen LogP contribution is -2.80. The number of para-hydroxylation sites is 1. The van der Waals surface area contributed by atoms with E-state index in [1.54, 1.807) is 13.2 Å². The first kappa shape index (κ1) is 20.3. The summed E-state index contributed by atoms with van der Waals surface area (Å²) in [6.07, 6.45) is 0. The molecule has 0 radical (unpaired) electrons. The summed E-state index contributed by atoms with van der Waals surface area (Å²) in [6, 6.07) is 15.1. The molecule has 3 saturated heterocycles. The topological polar surface area (TPSA) is 65.5 Å². The van der Waals surface area contributed by atoms with Crippen molar-refractivity contribution >= 4 is 5.91 Å². The highest BCUT2D eigenvalue weighted by Gasteiger charge is 2.54. The Labute approximate surface area is 182 Å². The number of phenolic OH excluding ortho intramolecular Hbond substituents is 1. The van der Waals surface area contributed by atoms with Gasteiger partial charge in [0.05, 0.1) is 31.9 Å². The van der Waals surface area contributed by atoms with Crippen molar-refractivity contribution in [2.75, 3.05) is 53.0 Å². The third kappa shape index (κ3) is 3.78. The lowest BCUT2D eigenvalue weighted by Gasteiger charge is -2.63. The fraction of sp³-hybridized carbons (Fsp3) is 0.458. The fourth-order valence-corrected chi connectivity index (χ4v) is 5.35. The van der Waals surface area contributed by atoms with Crippen molar-refractivity contribution < 1.29 is 19.4 Å². The number of fused-ring (bicyclic) bond motifs is 2. The molecule has 1 amide bonds. The van der Waals surface area contributed by atoms with Crippen molar-refractivity contribution in [1.82, 2.24) is 14.7 Å². The highest BCUT2D eigenvalue weighted by molar-refractivity contribution is 5.94. The smallest absolute Gasteiger partial charge is 0.254 e. The molecule has 1 unspecified atom stereocenters. The first-order chi connectivity index (χ1) is 15.1. The Balaban J connectivity index is 1.34. The first-order valence-electron chi connectivity index (χ1n) is 10.8. The molecular weight excluding hydrogens is 394 g/mol. The summed E-state index contributed by atoms with van der Waals surface area (Å²) >= 11 is 0. The molecule has 0 bridgehead atoms. The number of rotatable bonds is 4. The second-order valence-corrected chi connectivity index (χ2v) is 8.84. The van der Waals surface area contributed by atoms with Crippen molar-refractivity contribution in [3.63, 3.8) is 0 Å². The van der Waals surface area contributed by atoms with E-state index in [0.29, 0.717) is 43.3 Å². The number of amides is 1. The molecule has 1 atom stereocenters. The Kier molecular flexibility index (Phi) is 5.33. The zero-order valence-electron chi connectivity index (χ0n) is 17.9. The number of aromatic hydroxyl groups is 1. The van der Waals surface area contributed by atoms with E-state index in [1.807, 2.05) is 47.4 Å². The number of morpholine rings is 1. The summed E-state index contributed by atoms with van der Waals surface area (Å²) in [5.74, 6) is 1.08. The Bertz CT molecular complexity index is 959. The summed E-state index contributed by atoms with van der Waals surface area (Å²) in [6.45, 7) is 6.14. The van der Waals surface area contributed by atoms with Gasteiger partial charge < -0.3 is 19.5 Å². The quantitative estimate of drug-likeness (QED) is 0.809. The Morgan fingerprint density at radius 2 is 2.03 bits per heavy atom. The van der Waals surface area contributed by atoms with Gasteiger partial charge in [-0.05, 0) is 24.3 Å². The van der Waals surface area contributed by atoms with Gasteiger partial charge in [-0.25, -0.2) is 0 Å². The molecule has 3 aliphatic heterocycles. The van der Waals surface area contributed by atoms with Crippen LogP contribution in [0.15, 0.2) is 48.5 Å². The van der Waals surface area contributed by atoms with Crippen LogP contribution in [-0.4, -0.2) is 90.3 Å². The predicted molar refractivity (Wildman–Crippen MR) is 116 cm³/mol. The van der Waals surface area contributed by atoms with Crippen LogP contribution in [0.2, 0.25) is 0 Å². The van der Waals surface area contributed by atoms with Crippen LogP contribution in [0.3, 0.4) is 0 Å². The molecule has 5 rings (SSSR count). The maximum atomic E-state index is 13.4. The van der Waals surface area contributed by atoms with Crippen molar-refractivity contribution in [2.45, 2.75) is 18.1 Å². The minimum atomic E-state index is -0.0639. The number of carbonyl (C=O) groups is 1. The van der Waals surface area contributed by atoms with Crippen LogP contribution >= 0.6 is 0 Å². The Hall–Kier alpha value is -2.61. The fourth-order valence-electron chi connectivity index (χ4n) is 5.35. The van der Waals surface area contributed by atoms with Gasteiger partial charge in [-0.2, -0.15) is 0 Å². The van der Waals surface area contributed by atoms with E-state index in [0.717, 1.165) is 31.8 Å². The highest BCUT2D eigenvalue weighted by Crippen LogP contribution is 2.37. The van der Waals surface area contributed by atoms with E-state index in [9.17, 15) is 9.90 Å². The second-order valence-electron chi connectivity index (χ2n) is 8.84. The Morgan fingerprint density at radius 1 is 1.19 bits per heavy atom. The lowest BCUT2D eigenvalue weighted by atomic mass is 9.82. The van der Waals surface area contributed by atoms with Crippen LogP contribution in [0.5, 0.6) is 11.5 Å². The van der Waals surface area contributed by atoms with Crippen molar-refractivity contribution in [3.05, 3.63) is 59.7 Å². The second kappa shape index (κ2) is 8.15. The highest BCUT2D eigenvalue weighted by atomic mass is 16.5. The molecular formula is C24H29N3O4. The average Bonchev–Trinajstić information content (AvgIpc) is 2.78. The number of piperazine rings is 1. The summed E-state index contributed by atoms with van der Waals surface area (Å²) in [7, 11) is 1.62. The standard InChI is InChI=1S/C24H29N3O4/c1-30-21-7-4-6-18(11-21)23(29)26-13-20-14-31-10-9-27(20)24(17-26)15-25(16-24)12-19-5-2-3-8-22(19)28/h2-8,11,20,28H,9-10,12-17H2,1H3.